The van der Waals surface area contributed by atoms with Crippen molar-refractivity contribution in [2.45, 2.75) is 30.2 Å². The Kier molecular flexibility index (Phi) is 6.10. The number of aromatic nitrogens is 1. The van der Waals surface area contributed by atoms with Gasteiger partial charge in [0, 0.05) is 18.1 Å². The van der Waals surface area contributed by atoms with Gasteiger partial charge in [-0.15, -0.1) is 0 Å². The number of sulfonamides is 2. The van der Waals surface area contributed by atoms with Crippen LogP contribution < -0.4 is 14.8 Å². The van der Waals surface area contributed by atoms with Crippen LogP contribution in [0.5, 0.6) is 0 Å². The fourth-order valence-electron chi connectivity index (χ4n) is 2.59. The average Bonchev–Trinajstić information content (AvgIpc) is 2.99. The molecule has 0 bridgehead atoms. The molecule has 0 atom stereocenters. The Morgan fingerprint density at radius 3 is 1.74 bits per heavy atom. The van der Waals surface area contributed by atoms with Gasteiger partial charge in [-0.05, 0) is 51.2 Å². The Morgan fingerprint density at radius 2 is 1.33 bits per heavy atom. The lowest BCUT2D eigenvalue weighted by molar-refractivity contribution is -0.116. The van der Waals surface area contributed by atoms with Crippen LogP contribution >= 0.6 is 0 Å². The zero-order valence-electron chi connectivity index (χ0n) is 15.4. The molecule has 1 amide bonds. The van der Waals surface area contributed by atoms with E-state index < -0.39 is 35.7 Å². The van der Waals surface area contributed by atoms with Gasteiger partial charge in [0.2, 0.25) is 26.0 Å². The molecule has 0 radical (unpaired) electrons. The maximum absolute atomic E-state index is 12.3. The third kappa shape index (κ3) is 4.95. The molecule has 1 aromatic carbocycles. The predicted octanol–water partition coefficient (Wildman–Crippen LogP) is 0.560. The summed E-state index contributed by atoms with van der Waals surface area (Å²) in [5.41, 5.74) is 2.57. The van der Waals surface area contributed by atoms with Crippen LogP contribution in [0.15, 0.2) is 40.4 Å². The summed E-state index contributed by atoms with van der Waals surface area (Å²) in [4.78, 5) is 11.4. The first-order valence-electron chi connectivity index (χ1n) is 7.93. The second kappa shape index (κ2) is 7.80. The molecule has 9 nitrogen and oxygen atoms in total. The number of rotatable bonds is 7. The average molecular weight is 415 g/mol. The highest BCUT2D eigenvalue weighted by Gasteiger charge is 2.27. The Hall–Kier alpha value is -2.21. The summed E-state index contributed by atoms with van der Waals surface area (Å²) in [5.74, 6) is -0.420. The van der Waals surface area contributed by atoms with E-state index in [0.29, 0.717) is 5.69 Å². The van der Waals surface area contributed by atoms with Crippen LogP contribution in [0.3, 0.4) is 0 Å². The second-order valence-corrected chi connectivity index (χ2v) is 9.71. The van der Waals surface area contributed by atoms with Gasteiger partial charge in [0.05, 0.1) is 0 Å². The third-order valence-electron chi connectivity index (χ3n) is 3.76. The molecule has 148 valence electrons. The van der Waals surface area contributed by atoms with E-state index in [1.807, 2.05) is 19.9 Å². The number of anilines is 1. The summed E-state index contributed by atoms with van der Waals surface area (Å²) < 4.78 is 53.9. The van der Waals surface area contributed by atoms with Gasteiger partial charge in [-0.3, -0.25) is 4.79 Å². The first kappa shape index (κ1) is 21.1. The lowest BCUT2D eigenvalue weighted by Gasteiger charge is -2.08. The molecule has 11 heteroatoms. The number of nitrogens with one attached hydrogen (secondary N) is 3. The Balaban J connectivity index is 2.34. The molecule has 0 aliphatic rings. The zero-order chi connectivity index (χ0) is 20.4. The summed E-state index contributed by atoms with van der Waals surface area (Å²) in [6.07, 6.45) is 2.22. The molecule has 0 fully saturated rings. The fourth-order valence-corrected chi connectivity index (χ4v) is 4.88. The van der Waals surface area contributed by atoms with Crippen molar-refractivity contribution in [2.24, 2.45) is 0 Å². The monoisotopic (exact) mass is 414 g/mol. The topological polar surface area (TPSA) is 126 Å². The third-order valence-corrected chi connectivity index (χ3v) is 6.77. The minimum absolute atomic E-state index is 0.252. The quantitative estimate of drug-likeness (QED) is 0.610. The molecule has 0 saturated carbocycles. The summed E-state index contributed by atoms with van der Waals surface area (Å²) in [6, 6.07) is 5.56. The maximum Gasteiger partial charge on any atom is 0.244 e. The number of aryl methyl sites for hydroxylation is 2. The standard InChI is InChI=1S/C16H22N4O5S2/c1-11-5-12(2)7-13(6-11)19-16(21)10-20-8-14(26(22,23)17-3)15(9-20)27(24,25)18-4/h5-9,17-18H,10H2,1-4H3,(H,19,21). The van der Waals surface area contributed by atoms with Crippen molar-refractivity contribution in [1.82, 2.24) is 14.0 Å². The normalized spacial score (nSPS) is 12.1. The van der Waals surface area contributed by atoms with E-state index in [-0.39, 0.29) is 6.54 Å². The first-order valence-corrected chi connectivity index (χ1v) is 10.9. The Morgan fingerprint density at radius 1 is 0.889 bits per heavy atom. The molecule has 3 N–H and O–H groups in total. The van der Waals surface area contributed by atoms with Gasteiger partial charge in [0.1, 0.15) is 16.3 Å². The van der Waals surface area contributed by atoms with Crippen LogP contribution in [0.25, 0.3) is 0 Å². The first-order chi connectivity index (χ1) is 12.5. The van der Waals surface area contributed by atoms with Crippen LogP contribution in [0.1, 0.15) is 11.1 Å². The molecule has 0 unspecified atom stereocenters. The van der Waals surface area contributed by atoms with Gasteiger partial charge in [0.25, 0.3) is 0 Å². The molecule has 1 heterocycles. The summed E-state index contributed by atoms with van der Waals surface area (Å²) in [7, 11) is -5.71. The number of benzene rings is 1. The minimum Gasteiger partial charge on any atom is -0.342 e. The van der Waals surface area contributed by atoms with Gasteiger partial charge in [-0.2, -0.15) is 0 Å². The van der Waals surface area contributed by atoms with Gasteiger partial charge >= 0.3 is 0 Å². The van der Waals surface area contributed by atoms with Gasteiger partial charge in [-0.25, -0.2) is 26.3 Å². The van der Waals surface area contributed by atoms with E-state index in [2.05, 4.69) is 14.8 Å². The number of carbonyl (C=O) groups excluding carboxylic acids is 1. The van der Waals surface area contributed by atoms with Gasteiger partial charge in [0.15, 0.2) is 0 Å². The van der Waals surface area contributed by atoms with Crippen LogP contribution in [-0.4, -0.2) is 41.4 Å². The molecule has 1 aromatic heterocycles. The van der Waals surface area contributed by atoms with E-state index in [1.54, 1.807) is 12.1 Å². The van der Waals surface area contributed by atoms with Crippen LogP contribution in [-0.2, 0) is 31.4 Å². The summed E-state index contributed by atoms with van der Waals surface area (Å²) >= 11 is 0. The highest BCUT2D eigenvalue weighted by atomic mass is 32.2. The van der Waals surface area contributed by atoms with Crippen molar-refractivity contribution in [2.75, 3.05) is 19.4 Å². The number of nitrogens with zero attached hydrogens (tertiary/aromatic N) is 1. The predicted molar refractivity (Wildman–Crippen MR) is 101 cm³/mol. The molecular formula is C16H22N4O5S2. The van der Waals surface area contributed by atoms with E-state index in [1.165, 1.54) is 18.7 Å². The molecule has 0 aliphatic heterocycles. The summed E-state index contributed by atoms with van der Waals surface area (Å²) in [6.45, 7) is 3.55. The smallest absolute Gasteiger partial charge is 0.244 e. The van der Waals surface area contributed by atoms with E-state index in [4.69, 9.17) is 0 Å². The highest BCUT2D eigenvalue weighted by Crippen LogP contribution is 2.22. The van der Waals surface area contributed by atoms with Crippen molar-refractivity contribution in [3.8, 4) is 0 Å². The number of hydrogen-bond acceptors (Lipinski definition) is 5. The molecule has 27 heavy (non-hydrogen) atoms. The van der Waals surface area contributed by atoms with Crippen LogP contribution in [0.2, 0.25) is 0 Å². The van der Waals surface area contributed by atoms with Crippen molar-refractivity contribution in [1.29, 1.82) is 0 Å². The van der Waals surface area contributed by atoms with Crippen LogP contribution in [0.4, 0.5) is 5.69 Å². The Labute approximate surface area is 158 Å². The van der Waals surface area contributed by atoms with Gasteiger partial charge < -0.3 is 9.88 Å². The van der Waals surface area contributed by atoms with E-state index in [0.717, 1.165) is 23.5 Å². The highest BCUT2D eigenvalue weighted by molar-refractivity contribution is 7.92. The SMILES string of the molecule is CNS(=O)(=O)c1cn(CC(=O)Nc2cc(C)cc(C)c2)cc1S(=O)(=O)NC. The van der Waals surface area contributed by atoms with Crippen molar-refractivity contribution in [3.05, 3.63) is 41.7 Å². The molecule has 2 rings (SSSR count). The summed E-state index contributed by atoms with van der Waals surface area (Å²) in [5, 5.41) is 2.72. The minimum atomic E-state index is -4.03. The molecule has 2 aromatic rings. The molecule has 0 spiro atoms. The van der Waals surface area contributed by atoms with Crippen molar-refractivity contribution in [3.63, 3.8) is 0 Å². The number of amides is 1. The molecule has 0 aliphatic carbocycles. The largest absolute Gasteiger partial charge is 0.342 e. The lowest BCUT2D eigenvalue weighted by Crippen LogP contribution is -2.24. The van der Waals surface area contributed by atoms with Crippen molar-refractivity contribution >= 4 is 31.6 Å². The zero-order valence-corrected chi connectivity index (χ0v) is 17.0. The second-order valence-electron chi connectivity index (χ2n) is 6.00. The number of carbonyl (C=O) groups is 1. The molecular weight excluding hydrogens is 392 g/mol. The van der Waals surface area contributed by atoms with Crippen LogP contribution in [0, 0.1) is 13.8 Å². The van der Waals surface area contributed by atoms with Gasteiger partial charge in [-0.1, -0.05) is 6.07 Å². The van der Waals surface area contributed by atoms with E-state index >= 15 is 0 Å². The number of hydrogen-bond donors (Lipinski definition) is 3. The molecule has 0 saturated heterocycles. The Bertz CT molecular complexity index is 1000. The maximum atomic E-state index is 12.3. The van der Waals surface area contributed by atoms with E-state index in [9.17, 15) is 21.6 Å². The fraction of sp³-hybridized carbons (Fsp3) is 0.312. The lowest BCUT2D eigenvalue weighted by atomic mass is 10.1. The van der Waals surface area contributed by atoms with Crippen molar-refractivity contribution < 1.29 is 21.6 Å².